The summed E-state index contributed by atoms with van der Waals surface area (Å²) < 4.78 is 32.3. The SMILES string of the molecule is NC(=S)c1ccc(COc2ccc(Cl)c(F)c2)c(F)c1. The molecule has 0 fully saturated rings. The van der Waals surface area contributed by atoms with Crippen LogP contribution in [0.2, 0.25) is 5.02 Å². The van der Waals surface area contributed by atoms with Crippen LogP contribution in [0.5, 0.6) is 5.75 Å². The number of hydrogen-bond donors (Lipinski definition) is 1. The maximum Gasteiger partial charge on any atom is 0.145 e. The van der Waals surface area contributed by atoms with Gasteiger partial charge in [-0.15, -0.1) is 0 Å². The Bertz CT molecular complexity index is 664. The molecule has 0 aliphatic heterocycles. The van der Waals surface area contributed by atoms with Crippen molar-refractivity contribution in [3.63, 3.8) is 0 Å². The van der Waals surface area contributed by atoms with Gasteiger partial charge in [0.25, 0.3) is 0 Å². The van der Waals surface area contributed by atoms with Crippen LogP contribution in [0, 0.1) is 11.6 Å². The normalized spacial score (nSPS) is 10.3. The Morgan fingerprint density at radius 1 is 1.15 bits per heavy atom. The molecule has 0 spiro atoms. The second kappa shape index (κ2) is 6.15. The lowest BCUT2D eigenvalue weighted by atomic mass is 10.1. The molecule has 2 rings (SSSR count). The van der Waals surface area contributed by atoms with Crippen molar-refractivity contribution in [3.8, 4) is 5.75 Å². The average Bonchev–Trinajstić information content (AvgIpc) is 2.41. The molecule has 0 bridgehead atoms. The Morgan fingerprint density at radius 3 is 2.50 bits per heavy atom. The van der Waals surface area contributed by atoms with Crippen LogP contribution in [0.3, 0.4) is 0 Å². The van der Waals surface area contributed by atoms with Gasteiger partial charge in [0.1, 0.15) is 29.0 Å². The summed E-state index contributed by atoms with van der Waals surface area (Å²) in [6, 6.07) is 8.39. The number of halogens is 3. The second-order valence-corrected chi connectivity index (χ2v) is 4.88. The van der Waals surface area contributed by atoms with Gasteiger partial charge in [-0.2, -0.15) is 0 Å². The molecule has 2 aromatic rings. The molecule has 0 saturated carbocycles. The topological polar surface area (TPSA) is 35.2 Å². The van der Waals surface area contributed by atoms with E-state index in [0.29, 0.717) is 11.1 Å². The minimum absolute atomic E-state index is 0.00402. The highest BCUT2D eigenvalue weighted by atomic mass is 35.5. The van der Waals surface area contributed by atoms with Gasteiger partial charge < -0.3 is 10.5 Å². The van der Waals surface area contributed by atoms with Crippen molar-refractivity contribution < 1.29 is 13.5 Å². The molecule has 0 saturated heterocycles. The highest BCUT2D eigenvalue weighted by Gasteiger charge is 2.07. The lowest BCUT2D eigenvalue weighted by Gasteiger charge is -2.08. The van der Waals surface area contributed by atoms with E-state index in [1.54, 1.807) is 6.07 Å². The fourth-order valence-electron chi connectivity index (χ4n) is 1.55. The van der Waals surface area contributed by atoms with Gasteiger partial charge in [-0.3, -0.25) is 0 Å². The quantitative estimate of drug-likeness (QED) is 0.871. The van der Waals surface area contributed by atoms with Crippen LogP contribution in [-0.4, -0.2) is 4.99 Å². The number of hydrogen-bond acceptors (Lipinski definition) is 2. The van der Waals surface area contributed by atoms with E-state index in [1.165, 1.54) is 24.3 Å². The summed E-state index contributed by atoms with van der Waals surface area (Å²) in [6.07, 6.45) is 0. The van der Waals surface area contributed by atoms with Crippen molar-refractivity contribution in [3.05, 3.63) is 64.2 Å². The molecule has 2 N–H and O–H groups in total. The molecular weight excluding hydrogens is 304 g/mol. The third-order valence-corrected chi connectivity index (χ3v) is 3.17. The van der Waals surface area contributed by atoms with E-state index in [4.69, 9.17) is 34.3 Å². The number of nitrogens with two attached hydrogens (primary N) is 1. The van der Waals surface area contributed by atoms with Crippen LogP contribution < -0.4 is 10.5 Å². The van der Waals surface area contributed by atoms with Crippen molar-refractivity contribution in [2.24, 2.45) is 5.73 Å². The first-order valence-electron chi connectivity index (χ1n) is 5.63. The summed E-state index contributed by atoms with van der Waals surface area (Å²) in [5.41, 5.74) is 6.17. The van der Waals surface area contributed by atoms with Gasteiger partial charge in [-0.05, 0) is 18.2 Å². The Hall–Kier alpha value is -1.72. The van der Waals surface area contributed by atoms with Gasteiger partial charge in [-0.25, -0.2) is 8.78 Å². The van der Waals surface area contributed by atoms with Crippen molar-refractivity contribution in [2.45, 2.75) is 6.61 Å². The Kier molecular flexibility index (Phi) is 4.52. The van der Waals surface area contributed by atoms with E-state index < -0.39 is 11.6 Å². The van der Waals surface area contributed by atoms with Gasteiger partial charge in [0.2, 0.25) is 0 Å². The van der Waals surface area contributed by atoms with E-state index in [1.807, 2.05) is 0 Å². The van der Waals surface area contributed by atoms with E-state index >= 15 is 0 Å². The monoisotopic (exact) mass is 313 g/mol. The summed E-state index contributed by atoms with van der Waals surface area (Å²) in [5, 5.41) is 0.00402. The summed E-state index contributed by atoms with van der Waals surface area (Å²) in [4.78, 5) is 0.121. The predicted molar refractivity (Wildman–Crippen MR) is 78.0 cm³/mol. The fourth-order valence-corrected chi connectivity index (χ4v) is 1.79. The molecule has 0 aliphatic rings. The first-order chi connectivity index (χ1) is 9.47. The zero-order valence-electron chi connectivity index (χ0n) is 10.2. The molecule has 2 nitrogen and oxygen atoms in total. The lowest BCUT2D eigenvalue weighted by Crippen LogP contribution is -2.10. The highest BCUT2D eigenvalue weighted by Crippen LogP contribution is 2.21. The molecule has 0 atom stereocenters. The average molecular weight is 314 g/mol. The fraction of sp³-hybridized carbons (Fsp3) is 0.0714. The van der Waals surface area contributed by atoms with Crippen LogP contribution >= 0.6 is 23.8 Å². The van der Waals surface area contributed by atoms with E-state index in [-0.39, 0.29) is 22.4 Å². The summed E-state index contributed by atoms with van der Waals surface area (Å²) in [6.45, 7) is -0.0372. The van der Waals surface area contributed by atoms with E-state index in [0.717, 1.165) is 6.07 Å². The van der Waals surface area contributed by atoms with Gasteiger partial charge in [0.05, 0.1) is 5.02 Å². The molecular formula is C14H10ClF2NOS. The molecule has 20 heavy (non-hydrogen) atoms. The first-order valence-corrected chi connectivity index (χ1v) is 6.42. The smallest absolute Gasteiger partial charge is 0.145 e. The molecule has 0 radical (unpaired) electrons. The van der Waals surface area contributed by atoms with Gasteiger partial charge >= 0.3 is 0 Å². The van der Waals surface area contributed by atoms with Crippen molar-refractivity contribution in [1.29, 1.82) is 0 Å². The van der Waals surface area contributed by atoms with Crippen LogP contribution in [0.25, 0.3) is 0 Å². The molecule has 2 aromatic carbocycles. The summed E-state index contributed by atoms with van der Waals surface area (Å²) in [5.74, 6) is -0.803. The van der Waals surface area contributed by atoms with Crippen molar-refractivity contribution in [2.75, 3.05) is 0 Å². The number of rotatable bonds is 4. The number of benzene rings is 2. The predicted octanol–water partition coefficient (Wildman–Crippen LogP) is 3.83. The Labute approximate surface area is 125 Å². The second-order valence-electron chi connectivity index (χ2n) is 4.04. The zero-order chi connectivity index (χ0) is 14.7. The van der Waals surface area contributed by atoms with Crippen molar-refractivity contribution in [1.82, 2.24) is 0 Å². The molecule has 0 aliphatic carbocycles. The van der Waals surface area contributed by atoms with Crippen LogP contribution in [0.15, 0.2) is 36.4 Å². The van der Waals surface area contributed by atoms with Crippen LogP contribution in [-0.2, 0) is 6.61 Å². The maximum absolute atomic E-state index is 13.8. The minimum Gasteiger partial charge on any atom is -0.489 e. The third-order valence-electron chi connectivity index (χ3n) is 2.62. The molecule has 104 valence electrons. The zero-order valence-corrected chi connectivity index (χ0v) is 11.8. The molecule has 0 heterocycles. The largest absolute Gasteiger partial charge is 0.489 e. The Morgan fingerprint density at radius 2 is 1.90 bits per heavy atom. The van der Waals surface area contributed by atoms with Gasteiger partial charge in [0, 0.05) is 17.2 Å². The van der Waals surface area contributed by atoms with Crippen LogP contribution in [0.4, 0.5) is 8.78 Å². The minimum atomic E-state index is -0.589. The molecule has 0 unspecified atom stereocenters. The summed E-state index contributed by atoms with van der Waals surface area (Å²) >= 11 is 10.3. The molecule has 0 amide bonds. The first kappa shape index (κ1) is 14.7. The van der Waals surface area contributed by atoms with Gasteiger partial charge in [-0.1, -0.05) is 36.0 Å². The van der Waals surface area contributed by atoms with Crippen LogP contribution in [0.1, 0.15) is 11.1 Å². The molecule has 0 aromatic heterocycles. The van der Waals surface area contributed by atoms with E-state index in [2.05, 4.69) is 0 Å². The number of thiocarbonyl (C=S) groups is 1. The van der Waals surface area contributed by atoms with Gasteiger partial charge in [0.15, 0.2) is 0 Å². The van der Waals surface area contributed by atoms with Crippen molar-refractivity contribution >= 4 is 28.8 Å². The Balaban J connectivity index is 2.10. The standard InChI is InChI=1S/C14H10ClF2NOS/c15-11-4-3-10(6-13(11)17)19-7-9-2-1-8(14(18)20)5-12(9)16/h1-6H,7H2,(H2,18,20). The summed E-state index contributed by atoms with van der Waals surface area (Å²) in [7, 11) is 0. The number of ether oxygens (including phenoxy) is 1. The maximum atomic E-state index is 13.8. The lowest BCUT2D eigenvalue weighted by molar-refractivity contribution is 0.298. The highest BCUT2D eigenvalue weighted by molar-refractivity contribution is 7.80. The third kappa shape index (κ3) is 3.43. The van der Waals surface area contributed by atoms with E-state index in [9.17, 15) is 8.78 Å². The molecule has 6 heteroatoms.